The third-order valence-electron chi connectivity index (χ3n) is 4.42. The van der Waals surface area contributed by atoms with E-state index in [1.165, 1.54) is 6.26 Å². The molecule has 9 nitrogen and oxygen atoms in total. The van der Waals surface area contributed by atoms with E-state index in [0.717, 1.165) is 11.4 Å². The monoisotopic (exact) mass is 398 g/mol. The largest absolute Gasteiger partial charge is 0.484 e. The number of carbonyl (C=O) groups excluding carboxylic acids is 1. The van der Waals surface area contributed by atoms with Gasteiger partial charge in [0.05, 0.1) is 12.2 Å². The van der Waals surface area contributed by atoms with Gasteiger partial charge in [0.15, 0.2) is 23.8 Å². The summed E-state index contributed by atoms with van der Waals surface area (Å²) in [5, 5.41) is 7.31. The number of amides is 1. The Labute approximate surface area is 167 Å². The zero-order chi connectivity index (χ0) is 20.4. The van der Waals surface area contributed by atoms with Crippen LogP contribution in [-0.4, -0.2) is 33.5 Å². The molecule has 1 aliphatic heterocycles. The van der Waals surface area contributed by atoms with Gasteiger partial charge >= 0.3 is 0 Å². The third-order valence-corrected chi connectivity index (χ3v) is 4.42. The number of oxazole rings is 1. The van der Waals surface area contributed by atoms with Crippen molar-refractivity contribution in [3.63, 3.8) is 0 Å². The van der Waals surface area contributed by atoms with Gasteiger partial charge in [-0.05, 0) is 39.0 Å². The number of benzene rings is 1. The molecule has 0 aliphatic carbocycles. The van der Waals surface area contributed by atoms with Crippen LogP contribution in [0, 0.1) is 13.8 Å². The molecule has 1 N–H and O–H groups in total. The highest BCUT2D eigenvalue weighted by molar-refractivity contribution is 5.92. The minimum atomic E-state index is -0.308. The Kier molecular flexibility index (Phi) is 5.11. The maximum Gasteiger partial charge on any atom is 0.273 e. The van der Waals surface area contributed by atoms with Crippen LogP contribution in [0.15, 0.2) is 34.9 Å². The predicted octanol–water partition coefficient (Wildman–Crippen LogP) is 2.61. The van der Waals surface area contributed by atoms with E-state index >= 15 is 0 Å². The van der Waals surface area contributed by atoms with Crippen molar-refractivity contribution in [3.05, 3.63) is 53.5 Å². The molecule has 0 fully saturated rings. The zero-order valence-corrected chi connectivity index (χ0v) is 16.5. The lowest BCUT2D eigenvalue weighted by molar-refractivity contribution is 0.0930. The fourth-order valence-corrected chi connectivity index (χ4v) is 3.06. The van der Waals surface area contributed by atoms with Gasteiger partial charge in [-0.15, -0.1) is 0 Å². The second-order valence-electron chi connectivity index (χ2n) is 6.91. The van der Waals surface area contributed by atoms with E-state index < -0.39 is 0 Å². The van der Waals surface area contributed by atoms with Crippen LogP contribution in [0.4, 0.5) is 0 Å². The SMILES string of the molecule is Cc1cc(C)n(CC(C)NC(=O)c2coc(COc3ccc4c(c3)OCO4)n2)n1. The lowest BCUT2D eigenvalue weighted by Crippen LogP contribution is -2.36. The van der Waals surface area contributed by atoms with E-state index in [4.69, 9.17) is 18.6 Å². The minimum absolute atomic E-state index is 0.0915. The summed E-state index contributed by atoms with van der Waals surface area (Å²) in [7, 11) is 0. The van der Waals surface area contributed by atoms with E-state index in [1.54, 1.807) is 18.2 Å². The van der Waals surface area contributed by atoms with Crippen LogP contribution in [0.25, 0.3) is 0 Å². The first kappa shape index (κ1) is 18.9. The van der Waals surface area contributed by atoms with Crippen molar-refractivity contribution in [2.45, 2.75) is 40.0 Å². The molecule has 1 aromatic carbocycles. The first-order valence-electron chi connectivity index (χ1n) is 9.26. The summed E-state index contributed by atoms with van der Waals surface area (Å²) in [5.74, 6) is 1.90. The van der Waals surface area contributed by atoms with E-state index in [0.29, 0.717) is 29.7 Å². The van der Waals surface area contributed by atoms with Crippen LogP contribution in [0.3, 0.4) is 0 Å². The topological polar surface area (TPSA) is 101 Å². The number of hydrogen-bond donors (Lipinski definition) is 1. The smallest absolute Gasteiger partial charge is 0.273 e. The van der Waals surface area contributed by atoms with E-state index in [9.17, 15) is 4.79 Å². The van der Waals surface area contributed by atoms with Crippen LogP contribution < -0.4 is 19.5 Å². The van der Waals surface area contributed by atoms with E-state index in [-0.39, 0.29) is 31.0 Å². The predicted molar refractivity (Wildman–Crippen MR) is 102 cm³/mol. The lowest BCUT2D eigenvalue weighted by Gasteiger charge is -2.14. The molecule has 0 radical (unpaired) electrons. The Morgan fingerprint density at radius 1 is 1.28 bits per heavy atom. The normalized spacial score (nSPS) is 13.3. The zero-order valence-electron chi connectivity index (χ0n) is 16.5. The van der Waals surface area contributed by atoms with Crippen molar-refractivity contribution in [1.29, 1.82) is 0 Å². The van der Waals surface area contributed by atoms with Gasteiger partial charge in [0.25, 0.3) is 5.91 Å². The van der Waals surface area contributed by atoms with Gasteiger partial charge < -0.3 is 23.9 Å². The number of carbonyl (C=O) groups is 1. The number of aromatic nitrogens is 3. The molecule has 1 amide bonds. The fraction of sp³-hybridized carbons (Fsp3) is 0.350. The van der Waals surface area contributed by atoms with Gasteiger partial charge in [-0.1, -0.05) is 0 Å². The lowest BCUT2D eigenvalue weighted by atomic mass is 10.3. The minimum Gasteiger partial charge on any atom is -0.484 e. The van der Waals surface area contributed by atoms with Gasteiger partial charge in [-0.3, -0.25) is 9.48 Å². The van der Waals surface area contributed by atoms with Gasteiger partial charge in [0, 0.05) is 17.8 Å². The third kappa shape index (κ3) is 4.34. The van der Waals surface area contributed by atoms with E-state index in [2.05, 4.69) is 15.4 Å². The molecule has 0 saturated heterocycles. The van der Waals surface area contributed by atoms with Crippen LogP contribution in [0.5, 0.6) is 17.2 Å². The quantitative estimate of drug-likeness (QED) is 0.653. The summed E-state index contributed by atoms with van der Waals surface area (Å²) < 4.78 is 23.5. The molecular formula is C20H22N4O5. The molecule has 0 spiro atoms. The number of aryl methyl sites for hydroxylation is 2. The standard InChI is InChI=1S/C20H22N4O5/c1-12-6-14(3)24(23-12)8-13(2)21-20(25)16-9-27-19(22-16)10-26-15-4-5-17-18(7-15)29-11-28-17/h4-7,9,13H,8,10-11H2,1-3H3,(H,21,25). The average Bonchev–Trinajstić information content (AvgIpc) is 3.40. The summed E-state index contributed by atoms with van der Waals surface area (Å²) in [4.78, 5) is 16.6. The van der Waals surface area contributed by atoms with Crippen LogP contribution >= 0.6 is 0 Å². The van der Waals surface area contributed by atoms with Gasteiger partial charge in [-0.25, -0.2) is 4.98 Å². The highest BCUT2D eigenvalue weighted by Gasteiger charge is 2.17. The highest BCUT2D eigenvalue weighted by atomic mass is 16.7. The van der Waals surface area contributed by atoms with Gasteiger partial charge in [0.1, 0.15) is 12.0 Å². The Bertz CT molecular complexity index is 1030. The Morgan fingerprint density at radius 2 is 2.10 bits per heavy atom. The van der Waals surface area contributed by atoms with Crippen molar-refractivity contribution in [3.8, 4) is 17.2 Å². The Morgan fingerprint density at radius 3 is 2.90 bits per heavy atom. The molecule has 3 heterocycles. The molecule has 0 bridgehead atoms. The average molecular weight is 398 g/mol. The van der Waals surface area contributed by atoms with Crippen LogP contribution in [0.1, 0.15) is 34.7 Å². The van der Waals surface area contributed by atoms with Crippen molar-refractivity contribution >= 4 is 5.91 Å². The Hall–Kier alpha value is -3.49. The number of ether oxygens (including phenoxy) is 3. The molecule has 2 aromatic heterocycles. The molecule has 1 atom stereocenters. The van der Waals surface area contributed by atoms with Crippen LogP contribution in [0.2, 0.25) is 0 Å². The molecule has 1 unspecified atom stereocenters. The molecule has 1 aliphatic rings. The van der Waals surface area contributed by atoms with Crippen LogP contribution in [-0.2, 0) is 13.2 Å². The van der Waals surface area contributed by atoms with E-state index in [1.807, 2.05) is 31.5 Å². The van der Waals surface area contributed by atoms with Gasteiger partial charge in [-0.2, -0.15) is 5.10 Å². The van der Waals surface area contributed by atoms with Crippen molar-refractivity contribution < 1.29 is 23.4 Å². The molecule has 152 valence electrons. The summed E-state index contributed by atoms with van der Waals surface area (Å²) in [6.07, 6.45) is 1.32. The van der Waals surface area contributed by atoms with Crippen molar-refractivity contribution in [2.24, 2.45) is 0 Å². The highest BCUT2D eigenvalue weighted by Crippen LogP contribution is 2.35. The fourth-order valence-electron chi connectivity index (χ4n) is 3.06. The number of hydrogen-bond acceptors (Lipinski definition) is 7. The number of nitrogens with one attached hydrogen (secondary N) is 1. The summed E-state index contributed by atoms with van der Waals surface area (Å²) >= 11 is 0. The summed E-state index contributed by atoms with van der Waals surface area (Å²) in [5.41, 5.74) is 2.20. The molecule has 4 rings (SSSR count). The van der Waals surface area contributed by atoms with Gasteiger partial charge in [0.2, 0.25) is 12.7 Å². The number of fused-ring (bicyclic) bond motifs is 1. The Balaban J connectivity index is 1.31. The molecule has 3 aromatic rings. The first-order valence-corrected chi connectivity index (χ1v) is 9.26. The summed E-state index contributed by atoms with van der Waals surface area (Å²) in [6, 6.07) is 7.16. The maximum absolute atomic E-state index is 12.4. The number of nitrogens with zero attached hydrogens (tertiary/aromatic N) is 3. The molecule has 0 saturated carbocycles. The van der Waals surface area contributed by atoms with Crippen molar-refractivity contribution in [1.82, 2.24) is 20.1 Å². The second-order valence-corrected chi connectivity index (χ2v) is 6.91. The summed E-state index contributed by atoms with van der Waals surface area (Å²) in [6.45, 7) is 6.71. The maximum atomic E-state index is 12.4. The molecular weight excluding hydrogens is 376 g/mol. The molecule has 29 heavy (non-hydrogen) atoms. The number of rotatable bonds is 7. The van der Waals surface area contributed by atoms with Crippen molar-refractivity contribution in [2.75, 3.05) is 6.79 Å². The second kappa shape index (κ2) is 7.86. The first-order chi connectivity index (χ1) is 14.0. The molecule has 9 heteroatoms.